The van der Waals surface area contributed by atoms with E-state index in [0.29, 0.717) is 0 Å². The van der Waals surface area contributed by atoms with Crippen LogP contribution in [-0.2, 0) is 12.8 Å². The fraction of sp³-hybridized carbons (Fsp3) is 0.353. The van der Waals surface area contributed by atoms with Crippen molar-refractivity contribution in [2.24, 2.45) is 0 Å². The molecule has 0 saturated heterocycles. The van der Waals surface area contributed by atoms with E-state index in [2.05, 4.69) is 26.6 Å². The molecule has 1 aliphatic carbocycles. The molecule has 4 rings (SSSR count). The van der Waals surface area contributed by atoms with Crippen LogP contribution in [0.2, 0.25) is 0 Å². The summed E-state index contributed by atoms with van der Waals surface area (Å²) in [6.07, 6.45) is 4.31. The predicted octanol–water partition coefficient (Wildman–Crippen LogP) is 4.25. The molecule has 1 aromatic carbocycles. The number of thiophene rings is 1. The first-order valence-corrected chi connectivity index (χ1v) is 9.33. The first-order chi connectivity index (χ1) is 11.2. The number of fused-ring (bicyclic) bond motifs is 3. The number of carbonyl (C=O) groups is 1. The van der Waals surface area contributed by atoms with Gasteiger partial charge in [-0.1, -0.05) is 6.07 Å². The van der Waals surface area contributed by atoms with Crippen molar-refractivity contribution in [1.29, 1.82) is 0 Å². The largest absolute Gasteiger partial charge is 0.496 e. The fourth-order valence-corrected chi connectivity index (χ4v) is 5.18. The molecular formula is C17H17BrN2O2S. The number of anilines is 1. The van der Waals surface area contributed by atoms with Crippen LogP contribution < -0.4 is 15.4 Å². The van der Waals surface area contributed by atoms with Crippen molar-refractivity contribution in [3.8, 4) is 5.75 Å². The highest BCUT2D eigenvalue weighted by Crippen LogP contribution is 2.41. The van der Waals surface area contributed by atoms with Crippen molar-refractivity contribution in [2.75, 3.05) is 12.4 Å². The van der Waals surface area contributed by atoms with Gasteiger partial charge in [-0.25, -0.2) is 0 Å². The van der Waals surface area contributed by atoms with Crippen LogP contribution in [0.5, 0.6) is 5.75 Å². The molecule has 0 bridgehead atoms. The Kier molecular flexibility index (Phi) is 3.81. The van der Waals surface area contributed by atoms with E-state index in [0.717, 1.165) is 39.2 Å². The first kappa shape index (κ1) is 15.0. The monoisotopic (exact) mass is 392 g/mol. The second-order valence-corrected chi connectivity index (χ2v) is 7.82. The maximum atomic E-state index is 12.6. The summed E-state index contributed by atoms with van der Waals surface area (Å²) < 4.78 is 6.15. The molecule has 0 saturated carbocycles. The lowest BCUT2D eigenvalue weighted by Gasteiger charge is -2.27. The molecule has 0 fully saturated rings. The molecule has 2 aliphatic rings. The van der Waals surface area contributed by atoms with Gasteiger partial charge in [-0.3, -0.25) is 4.79 Å². The minimum absolute atomic E-state index is 0.0371. The van der Waals surface area contributed by atoms with Crippen molar-refractivity contribution in [3.63, 3.8) is 0 Å². The van der Waals surface area contributed by atoms with E-state index in [4.69, 9.17) is 4.74 Å². The van der Waals surface area contributed by atoms with Crippen molar-refractivity contribution < 1.29 is 9.53 Å². The average molecular weight is 393 g/mol. The number of rotatable bonds is 2. The number of carbonyl (C=O) groups excluding carboxylic acids is 1. The Bertz CT molecular complexity index is 787. The summed E-state index contributed by atoms with van der Waals surface area (Å²) in [5.41, 5.74) is 3.13. The zero-order valence-electron chi connectivity index (χ0n) is 12.7. The number of ether oxygens (including phenoxy) is 1. The predicted molar refractivity (Wildman–Crippen MR) is 95.5 cm³/mol. The van der Waals surface area contributed by atoms with Crippen molar-refractivity contribution in [2.45, 2.75) is 31.8 Å². The van der Waals surface area contributed by atoms with Gasteiger partial charge in [-0.15, -0.1) is 11.3 Å². The Morgan fingerprint density at radius 1 is 1.26 bits per heavy atom. The van der Waals surface area contributed by atoms with Crippen molar-refractivity contribution in [3.05, 3.63) is 44.2 Å². The van der Waals surface area contributed by atoms with Crippen LogP contribution in [0.3, 0.4) is 0 Å². The Morgan fingerprint density at radius 3 is 2.87 bits per heavy atom. The van der Waals surface area contributed by atoms with E-state index < -0.39 is 0 Å². The molecule has 4 nitrogen and oxygen atoms in total. The van der Waals surface area contributed by atoms with Crippen molar-refractivity contribution in [1.82, 2.24) is 5.32 Å². The van der Waals surface area contributed by atoms with Crippen molar-refractivity contribution >= 4 is 38.2 Å². The van der Waals surface area contributed by atoms with Gasteiger partial charge in [-0.2, -0.15) is 0 Å². The summed E-state index contributed by atoms with van der Waals surface area (Å²) in [5, 5.41) is 7.59. The lowest BCUT2D eigenvalue weighted by molar-refractivity contribution is 0.0935. The van der Waals surface area contributed by atoms with Crippen LogP contribution in [0.25, 0.3) is 0 Å². The highest BCUT2D eigenvalue weighted by Gasteiger charge is 2.32. The molecule has 0 spiro atoms. The minimum Gasteiger partial charge on any atom is -0.496 e. The Labute approximate surface area is 147 Å². The summed E-state index contributed by atoms with van der Waals surface area (Å²) in [6.45, 7) is 0. The summed E-state index contributed by atoms with van der Waals surface area (Å²) in [6, 6.07) is 5.86. The second kappa shape index (κ2) is 5.83. The topological polar surface area (TPSA) is 50.4 Å². The Morgan fingerprint density at radius 2 is 2.09 bits per heavy atom. The van der Waals surface area contributed by atoms with Crippen LogP contribution in [0.15, 0.2) is 22.7 Å². The number of halogens is 1. The Hall–Kier alpha value is -1.53. The summed E-state index contributed by atoms with van der Waals surface area (Å²) in [4.78, 5) is 14.0. The standard InChI is InChI=1S/C17H17BrN2O2S/c1-22-12-7-6-9(8-11(12)18)15-19-16(21)14-10-4-2-3-5-13(10)23-17(14)20-15/h6-8,15,20H,2-5H2,1H3,(H,19,21). The minimum atomic E-state index is -0.211. The van der Waals surface area contributed by atoms with E-state index in [9.17, 15) is 4.79 Å². The third-order valence-corrected chi connectivity index (χ3v) is 6.30. The number of methoxy groups -OCH3 is 1. The van der Waals surface area contributed by atoms with Crippen LogP contribution in [-0.4, -0.2) is 13.0 Å². The molecular weight excluding hydrogens is 376 g/mol. The molecule has 1 aromatic heterocycles. The maximum Gasteiger partial charge on any atom is 0.256 e. The van der Waals surface area contributed by atoms with E-state index in [-0.39, 0.29) is 12.1 Å². The van der Waals surface area contributed by atoms with Gasteiger partial charge in [0.1, 0.15) is 16.9 Å². The van der Waals surface area contributed by atoms with E-state index in [1.807, 2.05) is 18.2 Å². The zero-order valence-corrected chi connectivity index (χ0v) is 15.1. The van der Waals surface area contributed by atoms with Crippen LogP contribution in [0, 0.1) is 0 Å². The number of hydrogen-bond donors (Lipinski definition) is 2. The normalized spacial score (nSPS) is 19.4. The summed E-state index contributed by atoms with van der Waals surface area (Å²) in [7, 11) is 1.64. The molecule has 1 amide bonds. The van der Waals surface area contributed by atoms with E-state index in [1.54, 1.807) is 18.4 Å². The third-order valence-electron chi connectivity index (χ3n) is 4.46. The molecule has 2 N–H and O–H groups in total. The van der Waals surface area contributed by atoms with Gasteiger partial charge >= 0.3 is 0 Å². The molecule has 6 heteroatoms. The summed E-state index contributed by atoms with van der Waals surface area (Å²) in [5.74, 6) is 0.818. The summed E-state index contributed by atoms with van der Waals surface area (Å²) >= 11 is 5.25. The fourth-order valence-electron chi connectivity index (χ4n) is 3.31. The molecule has 23 heavy (non-hydrogen) atoms. The molecule has 1 unspecified atom stereocenters. The van der Waals surface area contributed by atoms with Gasteiger partial charge in [0, 0.05) is 4.88 Å². The van der Waals surface area contributed by atoms with E-state index >= 15 is 0 Å². The molecule has 1 aliphatic heterocycles. The van der Waals surface area contributed by atoms with Crippen LogP contribution in [0.4, 0.5) is 5.00 Å². The number of aryl methyl sites for hydroxylation is 1. The van der Waals surface area contributed by atoms with Gasteiger partial charge in [0.25, 0.3) is 5.91 Å². The maximum absolute atomic E-state index is 12.6. The lowest BCUT2D eigenvalue weighted by atomic mass is 9.94. The smallest absolute Gasteiger partial charge is 0.256 e. The van der Waals surface area contributed by atoms with Gasteiger partial charge in [0.2, 0.25) is 0 Å². The number of hydrogen-bond acceptors (Lipinski definition) is 4. The van der Waals surface area contributed by atoms with Crippen LogP contribution in [0.1, 0.15) is 45.4 Å². The first-order valence-electron chi connectivity index (χ1n) is 7.72. The van der Waals surface area contributed by atoms with Gasteiger partial charge in [0.05, 0.1) is 17.1 Å². The SMILES string of the molecule is COc1ccc(C2NC(=O)c3c(sc4c3CCCC4)N2)cc1Br. The number of amides is 1. The molecule has 2 heterocycles. The van der Waals surface area contributed by atoms with Crippen LogP contribution >= 0.6 is 27.3 Å². The zero-order chi connectivity index (χ0) is 16.0. The molecule has 1 atom stereocenters. The van der Waals surface area contributed by atoms with E-state index in [1.165, 1.54) is 23.3 Å². The highest BCUT2D eigenvalue weighted by atomic mass is 79.9. The number of benzene rings is 1. The van der Waals surface area contributed by atoms with Gasteiger partial charge < -0.3 is 15.4 Å². The number of nitrogens with one attached hydrogen (secondary N) is 2. The average Bonchev–Trinajstić information content (AvgIpc) is 2.93. The van der Waals surface area contributed by atoms with Gasteiger partial charge in [-0.05, 0) is 64.9 Å². The molecule has 120 valence electrons. The second-order valence-electron chi connectivity index (χ2n) is 5.86. The highest BCUT2D eigenvalue weighted by molar-refractivity contribution is 9.10. The van der Waals surface area contributed by atoms with Gasteiger partial charge in [0.15, 0.2) is 0 Å². The quantitative estimate of drug-likeness (QED) is 0.802. The lowest BCUT2D eigenvalue weighted by Crippen LogP contribution is -2.38. The molecule has 0 radical (unpaired) electrons. The molecule has 2 aromatic rings. The third kappa shape index (κ3) is 2.54. The Balaban J connectivity index is 1.68.